The van der Waals surface area contributed by atoms with E-state index in [0.717, 1.165) is 0 Å². The maximum atomic E-state index is 12.2. The highest BCUT2D eigenvalue weighted by Gasteiger charge is 2.30. The van der Waals surface area contributed by atoms with Crippen molar-refractivity contribution in [3.05, 3.63) is 28.3 Å². The normalized spacial score (nSPS) is 13.4. The van der Waals surface area contributed by atoms with E-state index in [1.54, 1.807) is 0 Å². The molecule has 6 nitrogen and oxygen atoms in total. The van der Waals surface area contributed by atoms with E-state index in [9.17, 15) is 23.3 Å². The van der Waals surface area contributed by atoms with Crippen LogP contribution in [0.5, 0.6) is 0 Å². The highest BCUT2D eigenvalue weighted by molar-refractivity contribution is 5.79. The standard InChI is InChI=1S/C11H11F3N4O2/c1-6(5-11(12,13)14)15-10-16-8-3-2-7(18(19)20)4-9(8)17-10/h2-4,6H,5H2,1H3,(H2,15,16,17). The number of alkyl halides is 3. The summed E-state index contributed by atoms with van der Waals surface area (Å²) in [5.41, 5.74) is 0.717. The van der Waals surface area contributed by atoms with Gasteiger partial charge in [-0.2, -0.15) is 13.2 Å². The summed E-state index contributed by atoms with van der Waals surface area (Å²) < 4.78 is 36.6. The second kappa shape index (κ2) is 4.99. The Hall–Kier alpha value is -2.32. The molecule has 1 unspecified atom stereocenters. The lowest BCUT2D eigenvalue weighted by atomic mass is 10.2. The maximum absolute atomic E-state index is 12.2. The van der Waals surface area contributed by atoms with Crippen LogP contribution in [0.2, 0.25) is 0 Å². The fourth-order valence-corrected chi connectivity index (χ4v) is 1.81. The molecule has 0 aliphatic carbocycles. The molecule has 0 saturated heterocycles. The van der Waals surface area contributed by atoms with Crippen molar-refractivity contribution in [1.82, 2.24) is 9.97 Å². The molecule has 0 aliphatic rings. The number of halogens is 3. The van der Waals surface area contributed by atoms with Crippen molar-refractivity contribution < 1.29 is 18.1 Å². The lowest BCUT2D eigenvalue weighted by molar-refractivity contribution is -0.384. The summed E-state index contributed by atoms with van der Waals surface area (Å²) >= 11 is 0. The van der Waals surface area contributed by atoms with Gasteiger partial charge in [0.05, 0.1) is 22.4 Å². The monoisotopic (exact) mass is 288 g/mol. The Bertz CT molecular complexity index is 638. The number of nitro groups is 1. The first-order valence-corrected chi connectivity index (χ1v) is 5.72. The number of benzene rings is 1. The van der Waals surface area contributed by atoms with Gasteiger partial charge in [0.1, 0.15) is 0 Å². The summed E-state index contributed by atoms with van der Waals surface area (Å²) in [6.45, 7) is 1.38. The van der Waals surface area contributed by atoms with Gasteiger partial charge in [0.25, 0.3) is 5.69 Å². The minimum atomic E-state index is -4.27. The molecular weight excluding hydrogens is 277 g/mol. The first-order valence-electron chi connectivity index (χ1n) is 5.72. The molecule has 1 atom stereocenters. The first kappa shape index (κ1) is 14.1. The van der Waals surface area contributed by atoms with Gasteiger partial charge in [0.2, 0.25) is 5.95 Å². The Morgan fingerprint density at radius 3 is 2.80 bits per heavy atom. The Labute approximate surface area is 111 Å². The van der Waals surface area contributed by atoms with Crippen molar-refractivity contribution in [2.24, 2.45) is 0 Å². The SMILES string of the molecule is CC(CC(F)(F)F)Nc1nc2ccc([N+](=O)[O-])cc2[nH]1. The molecule has 0 spiro atoms. The fraction of sp³-hybridized carbons (Fsp3) is 0.364. The van der Waals surface area contributed by atoms with Crippen molar-refractivity contribution >= 4 is 22.7 Å². The van der Waals surface area contributed by atoms with Gasteiger partial charge in [0, 0.05) is 18.2 Å². The van der Waals surface area contributed by atoms with Gasteiger partial charge in [0.15, 0.2) is 0 Å². The Kier molecular flexibility index (Phi) is 3.51. The minimum absolute atomic E-state index is 0.115. The molecule has 0 amide bonds. The lowest BCUT2D eigenvalue weighted by Gasteiger charge is -2.14. The predicted molar refractivity (Wildman–Crippen MR) is 66.5 cm³/mol. The second-order valence-corrected chi connectivity index (χ2v) is 4.41. The number of H-pyrrole nitrogens is 1. The van der Waals surface area contributed by atoms with Gasteiger partial charge >= 0.3 is 6.18 Å². The van der Waals surface area contributed by atoms with Crippen LogP contribution < -0.4 is 5.32 Å². The summed E-state index contributed by atoms with van der Waals surface area (Å²) in [6.07, 6.45) is -5.26. The molecule has 1 aromatic heterocycles. The quantitative estimate of drug-likeness (QED) is 0.668. The number of nitrogens with zero attached hydrogens (tertiary/aromatic N) is 2. The van der Waals surface area contributed by atoms with Crippen LogP contribution >= 0.6 is 0 Å². The summed E-state index contributed by atoms with van der Waals surface area (Å²) in [6, 6.07) is 3.14. The zero-order chi connectivity index (χ0) is 14.9. The molecular formula is C11H11F3N4O2. The number of imidazole rings is 1. The number of hydrogen-bond donors (Lipinski definition) is 2. The molecule has 0 saturated carbocycles. The number of fused-ring (bicyclic) bond motifs is 1. The Morgan fingerprint density at radius 2 is 2.20 bits per heavy atom. The van der Waals surface area contributed by atoms with Crippen molar-refractivity contribution in [3.8, 4) is 0 Å². The predicted octanol–water partition coefficient (Wildman–Crippen LogP) is 3.22. The smallest absolute Gasteiger partial charge is 0.353 e. The molecule has 0 radical (unpaired) electrons. The molecule has 1 heterocycles. The molecule has 0 fully saturated rings. The third kappa shape index (κ3) is 3.37. The topological polar surface area (TPSA) is 83.8 Å². The highest BCUT2D eigenvalue weighted by atomic mass is 19.4. The van der Waals surface area contributed by atoms with Crippen LogP contribution in [0.3, 0.4) is 0 Å². The van der Waals surface area contributed by atoms with Crippen LogP contribution in [-0.4, -0.2) is 27.1 Å². The number of hydrogen-bond acceptors (Lipinski definition) is 4. The molecule has 2 aromatic rings. The van der Waals surface area contributed by atoms with Crippen LogP contribution in [0.25, 0.3) is 11.0 Å². The summed E-state index contributed by atoms with van der Waals surface area (Å²) in [4.78, 5) is 16.8. The Balaban J connectivity index is 2.17. The largest absolute Gasteiger partial charge is 0.391 e. The molecule has 0 aliphatic heterocycles. The molecule has 9 heteroatoms. The highest BCUT2D eigenvalue weighted by Crippen LogP contribution is 2.24. The van der Waals surface area contributed by atoms with Crippen LogP contribution in [0.4, 0.5) is 24.8 Å². The number of non-ortho nitro benzene ring substituents is 1. The van der Waals surface area contributed by atoms with Gasteiger partial charge in [-0.1, -0.05) is 0 Å². The van der Waals surface area contributed by atoms with E-state index >= 15 is 0 Å². The van der Waals surface area contributed by atoms with Gasteiger partial charge in [-0.15, -0.1) is 0 Å². The number of anilines is 1. The van der Waals surface area contributed by atoms with E-state index in [-0.39, 0.29) is 11.6 Å². The van der Waals surface area contributed by atoms with E-state index in [1.165, 1.54) is 25.1 Å². The van der Waals surface area contributed by atoms with Gasteiger partial charge in [-0.25, -0.2) is 4.98 Å². The van der Waals surface area contributed by atoms with E-state index in [2.05, 4.69) is 15.3 Å². The molecule has 108 valence electrons. The molecule has 2 N–H and O–H groups in total. The third-order valence-corrected chi connectivity index (χ3v) is 2.60. The minimum Gasteiger partial charge on any atom is -0.353 e. The summed E-state index contributed by atoms with van der Waals surface area (Å²) in [5.74, 6) is 0.150. The average Bonchev–Trinajstić information content (AvgIpc) is 2.66. The van der Waals surface area contributed by atoms with Crippen molar-refractivity contribution in [1.29, 1.82) is 0 Å². The van der Waals surface area contributed by atoms with Crippen molar-refractivity contribution in [2.45, 2.75) is 25.6 Å². The second-order valence-electron chi connectivity index (χ2n) is 4.41. The van der Waals surface area contributed by atoms with Gasteiger partial charge < -0.3 is 10.3 Å². The van der Waals surface area contributed by atoms with E-state index in [1.807, 2.05) is 0 Å². The summed E-state index contributed by atoms with van der Waals surface area (Å²) in [5, 5.41) is 13.2. The van der Waals surface area contributed by atoms with E-state index < -0.39 is 23.6 Å². The van der Waals surface area contributed by atoms with Gasteiger partial charge in [-0.05, 0) is 13.0 Å². The number of nitro benzene ring substituents is 1. The van der Waals surface area contributed by atoms with Crippen molar-refractivity contribution in [3.63, 3.8) is 0 Å². The number of aromatic nitrogens is 2. The molecule has 0 bridgehead atoms. The average molecular weight is 288 g/mol. The number of nitrogens with one attached hydrogen (secondary N) is 2. The first-order chi connectivity index (χ1) is 9.24. The molecule has 1 aromatic carbocycles. The van der Waals surface area contributed by atoms with E-state index in [4.69, 9.17) is 0 Å². The summed E-state index contributed by atoms with van der Waals surface area (Å²) in [7, 11) is 0. The van der Waals surface area contributed by atoms with Crippen LogP contribution in [0.1, 0.15) is 13.3 Å². The van der Waals surface area contributed by atoms with Crippen LogP contribution in [0, 0.1) is 10.1 Å². The lowest BCUT2D eigenvalue weighted by Crippen LogP contribution is -2.24. The number of rotatable bonds is 4. The zero-order valence-corrected chi connectivity index (χ0v) is 10.4. The van der Waals surface area contributed by atoms with Crippen LogP contribution in [0.15, 0.2) is 18.2 Å². The number of aromatic amines is 1. The zero-order valence-electron chi connectivity index (χ0n) is 10.4. The van der Waals surface area contributed by atoms with Gasteiger partial charge in [-0.3, -0.25) is 10.1 Å². The maximum Gasteiger partial charge on any atom is 0.391 e. The van der Waals surface area contributed by atoms with E-state index in [0.29, 0.717) is 11.0 Å². The van der Waals surface area contributed by atoms with Crippen molar-refractivity contribution in [2.75, 3.05) is 5.32 Å². The molecule has 2 rings (SSSR count). The molecule has 20 heavy (non-hydrogen) atoms. The van der Waals surface area contributed by atoms with Crippen LogP contribution in [-0.2, 0) is 0 Å². The fourth-order valence-electron chi connectivity index (χ4n) is 1.81. The third-order valence-electron chi connectivity index (χ3n) is 2.60. The Morgan fingerprint density at radius 1 is 1.50 bits per heavy atom.